The van der Waals surface area contributed by atoms with Gasteiger partial charge in [-0.3, -0.25) is 10.2 Å². The van der Waals surface area contributed by atoms with E-state index in [1.54, 1.807) is 6.08 Å². The van der Waals surface area contributed by atoms with Gasteiger partial charge < -0.3 is 10.1 Å². The predicted octanol–water partition coefficient (Wildman–Crippen LogP) is 2.87. The molecule has 0 spiro atoms. The largest absolute Gasteiger partial charge is 0.384 e. The van der Waals surface area contributed by atoms with Crippen molar-refractivity contribution in [3.63, 3.8) is 0 Å². The Kier molecular flexibility index (Phi) is 4.49. The first-order valence-corrected chi connectivity index (χ1v) is 10.4. The third-order valence-corrected chi connectivity index (χ3v) is 7.06. The van der Waals surface area contributed by atoms with E-state index in [1.807, 2.05) is 6.92 Å². The zero-order valence-corrected chi connectivity index (χ0v) is 16.1. The van der Waals surface area contributed by atoms with Crippen molar-refractivity contribution in [3.8, 4) is 0 Å². The number of halogens is 1. The second-order valence-electron chi connectivity index (χ2n) is 8.88. The molecule has 5 rings (SSSR count). The molecular weight excluding hydrogens is 341 g/mol. The number of hydrogen-bond donors (Lipinski definition) is 2. The Labute approximate surface area is 161 Å². The van der Waals surface area contributed by atoms with E-state index in [0.29, 0.717) is 24.6 Å². The molecule has 0 saturated carbocycles. The lowest BCUT2D eigenvalue weighted by molar-refractivity contribution is 0.0560. The fourth-order valence-corrected chi connectivity index (χ4v) is 5.42. The van der Waals surface area contributed by atoms with Crippen LogP contribution in [0.4, 0.5) is 4.39 Å². The van der Waals surface area contributed by atoms with Gasteiger partial charge in [0.1, 0.15) is 19.1 Å². The zero-order valence-electron chi connectivity index (χ0n) is 16.1. The molecule has 5 aliphatic rings. The molecule has 3 heterocycles. The minimum absolute atomic E-state index is 0.0348. The summed E-state index contributed by atoms with van der Waals surface area (Å²) in [5.41, 5.74) is 2.89. The molecule has 4 nitrogen and oxygen atoms in total. The van der Waals surface area contributed by atoms with Crippen molar-refractivity contribution in [2.45, 2.75) is 56.7 Å². The number of hydrogen-bond acceptors (Lipinski definition) is 4. The SMILES string of the molecule is CC1CC(C2NC3OCN(C)C3C=C2C2C=C3C=CNC3CC2)C=CC1F. The Balaban J connectivity index is 1.48. The van der Waals surface area contributed by atoms with Gasteiger partial charge in [0.2, 0.25) is 0 Å². The summed E-state index contributed by atoms with van der Waals surface area (Å²) in [4.78, 5) is 2.26. The van der Waals surface area contributed by atoms with Gasteiger partial charge >= 0.3 is 0 Å². The maximum absolute atomic E-state index is 14.0. The van der Waals surface area contributed by atoms with Gasteiger partial charge in [0.15, 0.2) is 0 Å². The van der Waals surface area contributed by atoms with Gasteiger partial charge in [-0.15, -0.1) is 0 Å². The van der Waals surface area contributed by atoms with Crippen molar-refractivity contribution >= 4 is 0 Å². The van der Waals surface area contributed by atoms with Crippen molar-refractivity contribution in [1.82, 2.24) is 15.5 Å². The van der Waals surface area contributed by atoms with Crippen LogP contribution in [0.3, 0.4) is 0 Å². The highest BCUT2D eigenvalue weighted by Crippen LogP contribution is 2.40. The topological polar surface area (TPSA) is 36.5 Å². The van der Waals surface area contributed by atoms with Gasteiger partial charge in [0, 0.05) is 12.0 Å². The van der Waals surface area contributed by atoms with Crippen LogP contribution in [-0.4, -0.2) is 49.2 Å². The Hall–Kier alpha value is -1.43. The fraction of sp³-hybridized carbons (Fsp3) is 0.636. The second-order valence-corrected chi connectivity index (χ2v) is 8.88. The minimum atomic E-state index is -0.814. The number of nitrogens with zero attached hydrogens (tertiary/aromatic N) is 1. The highest BCUT2D eigenvalue weighted by molar-refractivity contribution is 5.38. The van der Waals surface area contributed by atoms with E-state index in [-0.39, 0.29) is 24.2 Å². The Morgan fingerprint density at radius 2 is 2.11 bits per heavy atom. The number of likely N-dealkylation sites (N-methyl/N-ethyl adjacent to an activating group) is 1. The predicted molar refractivity (Wildman–Crippen MR) is 104 cm³/mol. The van der Waals surface area contributed by atoms with Crippen molar-refractivity contribution in [2.24, 2.45) is 17.8 Å². The van der Waals surface area contributed by atoms with Crippen LogP contribution in [0, 0.1) is 17.8 Å². The summed E-state index contributed by atoms with van der Waals surface area (Å²) in [5, 5.41) is 7.24. The maximum atomic E-state index is 14.0. The van der Waals surface area contributed by atoms with Crippen molar-refractivity contribution < 1.29 is 9.13 Å². The lowest BCUT2D eigenvalue weighted by Crippen LogP contribution is -2.54. The summed E-state index contributed by atoms with van der Waals surface area (Å²) in [5.74, 6) is 0.839. The Morgan fingerprint density at radius 1 is 1.22 bits per heavy atom. The van der Waals surface area contributed by atoms with Crippen molar-refractivity contribution in [1.29, 1.82) is 0 Å². The van der Waals surface area contributed by atoms with Crippen LogP contribution in [0.1, 0.15) is 26.2 Å². The molecule has 1 saturated heterocycles. The lowest BCUT2D eigenvalue weighted by Gasteiger charge is -2.42. The number of nitrogens with one attached hydrogen (secondary N) is 2. The van der Waals surface area contributed by atoms with E-state index < -0.39 is 6.17 Å². The summed E-state index contributed by atoms with van der Waals surface area (Å²) < 4.78 is 20.0. The number of rotatable bonds is 2. The average molecular weight is 372 g/mol. The quantitative estimate of drug-likeness (QED) is 0.732. The molecular formula is C22H30FN3O. The van der Waals surface area contributed by atoms with E-state index >= 15 is 0 Å². The summed E-state index contributed by atoms with van der Waals surface area (Å²) in [6.07, 6.45) is 15.5. The van der Waals surface area contributed by atoms with Gasteiger partial charge in [-0.05, 0) is 61.6 Å². The number of allylic oxidation sites excluding steroid dienone is 2. The van der Waals surface area contributed by atoms with Crippen LogP contribution in [-0.2, 0) is 4.74 Å². The van der Waals surface area contributed by atoms with Crippen LogP contribution in [0.15, 0.2) is 47.7 Å². The van der Waals surface area contributed by atoms with Crippen LogP contribution in [0.5, 0.6) is 0 Å². The number of ether oxygens (including phenoxy) is 1. The van der Waals surface area contributed by atoms with Gasteiger partial charge in [0.25, 0.3) is 0 Å². The first kappa shape index (κ1) is 17.7. The van der Waals surface area contributed by atoms with E-state index in [0.717, 1.165) is 19.3 Å². The number of fused-ring (bicyclic) bond motifs is 2. The highest BCUT2D eigenvalue weighted by atomic mass is 19.1. The molecule has 0 radical (unpaired) electrons. The summed E-state index contributed by atoms with van der Waals surface area (Å²) in [6.45, 7) is 2.68. The third-order valence-electron chi connectivity index (χ3n) is 7.06. The molecule has 146 valence electrons. The zero-order chi connectivity index (χ0) is 18.5. The molecule has 0 aromatic heterocycles. The minimum Gasteiger partial charge on any atom is -0.384 e. The van der Waals surface area contributed by atoms with E-state index in [2.05, 4.69) is 53.1 Å². The molecule has 5 heteroatoms. The monoisotopic (exact) mass is 371 g/mol. The molecule has 3 aliphatic heterocycles. The lowest BCUT2D eigenvalue weighted by atomic mass is 9.72. The molecule has 8 unspecified atom stereocenters. The molecule has 1 fully saturated rings. The standard InChI is InChI=1S/C22H30FN3O/c1-13-9-16(3-5-18(13)23)21-17(11-20-22(25-21)27-12-26(20)2)14-4-6-19-15(10-14)7-8-24-19/h3,5,7-8,10-11,13-14,16,18-22,24-25H,4,6,9,12H2,1-2H3. The second kappa shape index (κ2) is 6.87. The summed E-state index contributed by atoms with van der Waals surface area (Å²) in [6, 6.07) is 0.994. The Bertz CT molecular complexity index is 714. The molecule has 27 heavy (non-hydrogen) atoms. The van der Waals surface area contributed by atoms with Crippen LogP contribution in [0.2, 0.25) is 0 Å². The molecule has 0 bridgehead atoms. The maximum Gasteiger partial charge on any atom is 0.129 e. The smallest absolute Gasteiger partial charge is 0.129 e. The van der Waals surface area contributed by atoms with Gasteiger partial charge in [-0.25, -0.2) is 4.39 Å². The summed E-state index contributed by atoms with van der Waals surface area (Å²) >= 11 is 0. The van der Waals surface area contributed by atoms with Crippen LogP contribution >= 0.6 is 0 Å². The average Bonchev–Trinajstić information content (AvgIpc) is 3.29. The van der Waals surface area contributed by atoms with Crippen molar-refractivity contribution in [3.05, 3.63) is 47.7 Å². The molecule has 2 N–H and O–H groups in total. The van der Waals surface area contributed by atoms with Crippen LogP contribution in [0.25, 0.3) is 0 Å². The first-order valence-electron chi connectivity index (χ1n) is 10.4. The molecule has 8 atom stereocenters. The van der Waals surface area contributed by atoms with Gasteiger partial charge in [-0.2, -0.15) is 0 Å². The van der Waals surface area contributed by atoms with Crippen LogP contribution < -0.4 is 10.6 Å². The van der Waals surface area contributed by atoms with Gasteiger partial charge in [-0.1, -0.05) is 31.2 Å². The molecule has 0 aromatic carbocycles. The summed E-state index contributed by atoms with van der Waals surface area (Å²) in [7, 11) is 2.12. The first-order chi connectivity index (χ1) is 13.1. The normalized spacial score (nSPS) is 46.5. The highest BCUT2D eigenvalue weighted by Gasteiger charge is 2.43. The molecule has 2 aliphatic carbocycles. The van der Waals surface area contributed by atoms with E-state index in [1.165, 1.54) is 11.1 Å². The van der Waals surface area contributed by atoms with Crippen molar-refractivity contribution in [2.75, 3.05) is 13.8 Å². The molecule has 0 aromatic rings. The van der Waals surface area contributed by atoms with E-state index in [4.69, 9.17) is 4.74 Å². The Morgan fingerprint density at radius 3 is 2.96 bits per heavy atom. The van der Waals surface area contributed by atoms with Gasteiger partial charge in [0.05, 0.1) is 12.1 Å². The number of alkyl halides is 1. The fourth-order valence-electron chi connectivity index (χ4n) is 5.42. The van der Waals surface area contributed by atoms with E-state index in [9.17, 15) is 4.39 Å². The third kappa shape index (κ3) is 3.10. The molecule has 0 amide bonds.